The van der Waals surface area contributed by atoms with Gasteiger partial charge in [0.1, 0.15) is 0 Å². The van der Waals surface area contributed by atoms with E-state index in [9.17, 15) is 18.3 Å². The highest BCUT2D eigenvalue weighted by Crippen LogP contribution is 2.43. The van der Waals surface area contributed by atoms with Crippen molar-refractivity contribution < 1.29 is 27.8 Å². The molecule has 1 aliphatic carbocycles. The first-order valence-corrected chi connectivity index (χ1v) is 4.67. The zero-order valence-electron chi connectivity index (χ0n) is 7.89. The van der Waals surface area contributed by atoms with Crippen molar-refractivity contribution >= 4 is 0 Å². The van der Waals surface area contributed by atoms with Gasteiger partial charge in [-0.3, -0.25) is 0 Å². The van der Waals surface area contributed by atoms with Crippen LogP contribution >= 0.6 is 0 Å². The lowest BCUT2D eigenvalue weighted by atomic mass is 9.91. The Balaban J connectivity index is 2.22. The van der Waals surface area contributed by atoms with Crippen molar-refractivity contribution in [3.8, 4) is 0 Å². The Labute approximate surface area is 84.5 Å². The van der Waals surface area contributed by atoms with E-state index in [2.05, 4.69) is 0 Å². The maximum Gasteiger partial charge on any atom is 0.412 e. The molecule has 0 bridgehead atoms. The molecule has 1 spiro atoms. The lowest BCUT2D eigenvalue weighted by Crippen LogP contribution is -2.39. The molecule has 0 N–H and O–H groups in total. The van der Waals surface area contributed by atoms with Crippen LogP contribution in [0.25, 0.3) is 0 Å². The zero-order valence-corrected chi connectivity index (χ0v) is 7.89. The van der Waals surface area contributed by atoms with E-state index < -0.39 is 29.7 Å². The largest absolute Gasteiger partial charge is 0.875 e. The lowest BCUT2D eigenvalue weighted by molar-refractivity contribution is -0.321. The molecule has 1 saturated heterocycles. The summed E-state index contributed by atoms with van der Waals surface area (Å²) < 4.78 is 47.7. The first kappa shape index (κ1) is 10.8. The summed E-state index contributed by atoms with van der Waals surface area (Å²) in [6.07, 6.45) is -4.99. The average molecular weight is 223 g/mol. The van der Waals surface area contributed by atoms with Gasteiger partial charge in [0.05, 0.1) is 13.2 Å². The van der Waals surface area contributed by atoms with Gasteiger partial charge >= 0.3 is 6.18 Å². The fourth-order valence-electron chi connectivity index (χ4n) is 1.91. The summed E-state index contributed by atoms with van der Waals surface area (Å²) >= 11 is 0. The Morgan fingerprint density at radius 2 is 1.80 bits per heavy atom. The molecular formula is C9H10F3O3-. The van der Waals surface area contributed by atoms with E-state index in [0.717, 1.165) is 0 Å². The monoisotopic (exact) mass is 223 g/mol. The molecule has 0 aromatic rings. The molecule has 3 nitrogen and oxygen atoms in total. The van der Waals surface area contributed by atoms with Crippen LogP contribution in [0.15, 0.2) is 11.3 Å². The first-order chi connectivity index (χ1) is 6.93. The van der Waals surface area contributed by atoms with Crippen molar-refractivity contribution in [1.29, 1.82) is 0 Å². The molecule has 0 radical (unpaired) electrons. The number of allylic oxidation sites excluding steroid dienone is 1. The van der Waals surface area contributed by atoms with Gasteiger partial charge in [-0.25, -0.2) is 0 Å². The molecule has 1 fully saturated rings. The third-order valence-corrected chi connectivity index (χ3v) is 2.67. The summed E-state index contributed by atoms with van der Waals surface area (Å²) in [5.74, 6) is -2.04. The lowest BCUT2D eigenvalue weighted by Gasteiger charge is -2.37. The number of halogens is 3. The Morgan fingerprint density at radius 1 is 1.20 bits per heavy atom. The normalized spacial score (nSPS) is 26.3. The van der Waals surface area contributed by atoms with E-state index in [4.69, 9.17) is 9.47 Å². The number of ether oxygens (including phenoxy) is 2. The number of hydrogen-bond acceptors (Lipinski definition) is 3. The minimum absolute atomic E-state index is 0.158. The van der Waals surface area contributed by atoms with Gasteiger partial charge in [0, 0.05) is 18.4 Å². The minimum atomic E-state index is -4.57. The fraction of sp³-hybridized carbons (Fsp3) is 0.778. The highest BCUT2D eigenvalue weighted by Gasteiger charge is 2.46. The van der Waals surface area contributed by atoms with E-state index in [1.165, 1.54) is 0 Å². The van der Waals surface area contributed by atoms with Gasteiger partial charge in [-0.15, -0.1) is 5.76 Å². The van der Waals surface area contributed by atoms with Gasteiger partial charge in [0.2, 0.25) is 0 Å². The second kappa shape index (κ2) is 3.38. The second-order valence-corrected chi connectivity index (χ2v) is 3.68. The molecule has 2 aliphatic rings. The number of rotatable bonds is 0. The first-order valence-electron chi connectivity index (χ1n) is 4.67. The maximum atomic E-state index is 12.5. The predicted octanol–water partition coefficient (Wildman–Crippen LogP) is 1.09. The quantitative estimate of drug-likeness (QED) is 0.617. The van der Waals surface area contributed by atoms with Gasteiger partial charge in [0.15, 0.2) is 5.79 Å². The van der Waals surface area contributed by atoms with Crippen molar-refractivity contribution in [2.24, 2.45) is 0 Å². The summed E-state index contributed by atoms with van der Waals surface area (Å²) in [6, 6.07) is 0. The summed E-state index contributed by atoms with van der Waals surface area (Å²) in [5, 5.41) is 11.1. The van der Waals surface area contributed by atoms with Gasteiger partial charge in [-0.1, -0.05) is 0 Å². The Hall–Kier alpha value is -0.750. The van der Waals surface area contributed by atoms with Crippen LogP contribution in [0.2, 0.25) is 0 Å². The van der Waals surface area contributed by atoms with Crippen LogP contribution in [-0.4, -0.2) is 25.2 Å². The Bertz CT molecular complexity index is 289. The van der Waals surface area contributed by atoms with Crippen LogP contribution in [0.4, 0.5) is 13.2 Å². The molecular weight excluding hydrogens is 213 g/mol. The molecule has 0 aromatic heterocycles. The molecule has 86 valence electrons. The minimum Gasteiger partial charge on any atom is -0.875 e. The molecule has 1 aliphatic heterocycles. The number of alkyl halides is 3. The standard InChI is InChI=1S/C9H11F3O3/c10-9(11,12)6-5-8(2-1-7(6)13)14-3-4-15-8/h13H,1-5H2/p-1. The smallest absolute Gasteiger partial charge is 0.412 e. The van der Waals surface area contributed by atoms with E-state index in [-0.39, 0.29) is 12.8 Å². The predicted molar refractivity (Wildman–Crippen MR) is 41.6 cm³/mol. The summed E-state index contributed by atoms with van der Waals surface area (Å²) in [6.45, 7) is 0.582. The molecule has 0 saturated carbocycles. The maximum absolute atomic E-state index is 12.5. The van der Waals surface area contributed by atoms with Crippen molar-refractivity contribution in [3.05, 3.63) is 11.3 Å². The van der Waals surface area contributed by atoms with Gasteiger partial charge in [-0.2, -0.15) is 13.2 Å². The molecule has 0 unspecified atom stereocenters. The Kier molecular flexibility index (Phi) is 2.42. The highest BCUT2D eigenvalue weighted by molar-refractivity contribution is 5.19. The Morgan fingerprint density at radius 3 is 2.33 bits per heavy atom. The highest BCUT2D eigenvalue weighted by atomic mass is 19.4. The zero-order chi connectivity index (χ0) is 11.1. The van der Waals surface area contributed by atoms with Gasteiger partial charge in [-0.05, 0) is 6.42 Å². The molecule has 0 aromatic carbocycles. The van der Waals surface area contributed by atoms with Crippen LogP contribution in [0.5, 0.6) is 0 Å². The molecule has 0 amide bonds. The van der Waals surface area contributed by atoms with E-state index in [1.54, 1.807) is 0 Å². The SMILES string of the molecule is [O-]C1=C(C(F)(F)F)CC2(CC1)OCCO2. The molecule has 15 heavy (non-hydrogen) atoms. The van der Waals surface area contributed by atoms with Crippen LogP contribution in [0.1, 0.15) is 19.3 Å². The second-order valence-electron chi connectivity index (χ2n) is 3.68. The molecule has 6 heteroatoms. The van der Waals surface area contributed by atoms with Crippen molar-refractivity contribution in [1.82, 2.24) is 0 Å². The van der Waals surface area contributed by atoms with Crippen LogP contribution in [0, 0.1) is 0 Å². The summed E-state index contributed by atoms with van der Waals surface area (Å²) in [7, 11) is 0. The third-order valence-electron chi connectivity index (χ3n) is 2.67. The van der Waals surface area contributed by atoms with Crippen LogP contribution in [-0.2, 0) is 9.47 Å². The molecule has 2 rings (SSSR count). The summed E-state index contributed by atoms with van der Waals surface area (Å²) in [4.78, 5) is 0. The van der Waals surface area contributed by atoms with E-state index >= 15 is 0 Å². The molecule has 0 atom stereocenters. The van der Waals surface area contributed by atoms with Crippen molar-refractivity contribution in [2.45, 2.75) is 31.2 Å². The topological polar surface area (TPSA) is 41.5 Å². The summed E-state index contributed by atoms with van der Waals surface area (Å²) in [5.41, 5.74) is -1.03. The van der Waals surface area contributed by atoms with Crippen LogP contribution in [0.3, 0.4) is 0 Å². The fourth-order valence-corrected chi connectivity index (χ4v) is 1.91. The molecule has 1 heterocycles. The van der Waals surface area contributed by atoms with Crippen molar-refractivity contribution in [3.63, 3.8) is 0 Å². The van der Waals surface area contributed by atoms with Gasteiger partial charge in [0.25, 0.3) is 0 Å². The van der Waals surface area contributed by atoms with E-state index in [0.29, 0.717) is 13.2 Å². The number of hydrogen-bond donors (Lipinski definition) is 0. The van der Waals surface area contributed by atoms with Crippen LogP contribution < -0.4 is 5.11 Å². The van der Waals surface area contributed by atoms with Crippen molar-refractivity contribution in [2.75, 3.05) is 13.2 Å². The average Bonchev–Trinajstić information content (AvgIpc) is 2.57. The van der Waals surface area contributed by atoms with E-state index in [1.807, 2.05) is 0 Å². The van der Waals surface area contributed by atoms with Gasteiger partial charge < -0.3 is 14.6 Å². The third kappa shape index (κ3) is 1.96.